The summed E-state index contributed by atoms with van der Waals surface area (Å²) < 4.78 is 40.9. The van der Waals surface area contributed by atoms with E-state index in [1.165, 1.54) is 0 Å². The van der Waals surface area contributed by atoms with Gasteiger partial charge in [-0.1, -0.05) is 29.4 Å². The molecule has 2 aromatic rings. The summed E-state index contributed by atoms with van der Waals surface area (Å²) in [6, 6.07) is 7.09. The standard InChI is InChI=1S/C12H9F3N2O2/c1-7-4-2-3-5-8(7)11-16-10(19-17-11)6-9(18)12(13,14)15/h2-5H,6H2,1H3. The van der Waals surface area contributed by atoms with E-state index in [9.17, 15) is 18.0 Å². The van der Waals surface area contributed by atoms with Crippen molar-refractivity contribution in [1.82, 2.24) is 10.1 Å². The Morgan fingerprint density at radius 3 is 2.63 bits per heavy atom. The lowest BCUT2D eigenvalue weighted by Gasteiger charge is -2.01. The molecule has 7 heteroatoms. The number of carbonyl (C=O) groups excluding carboxylic acids is 1. The molecule has 0 saturated carbocycles. The first kappa shape index (κ1) is 13.3. The van der Waals surface area contributed by atoms with Crippen LogP contribution in [-0.2, 0) is 11.2 Å². The minimum absolute atomic E-state index is 0.170. The molecule has 0 saturated heterocycles. The monoisotopic (exact) mass is 270 g/mol. The average Bonchev–Trinajstić information content (AvgIpc) is 2.76. The van der Waals surface area contributed by atoms with Crippen LogP contribution < -0.4 is 0 Å². The van der Waals surface area contributed by atoms with Crippen molar-refractivity contribution >= 4 is 5.78 Å². The summed E-state index contributed by atoms with van der Waals surface area (Å²) in [7, 11) is 0. The van der Waals surface area contributed by atoms with Gasteiger partial charge in [-0.3, -0.25) is 4.79 Å². The van der Waals surface area contributed by atoms with Crippen LogP contribution in [0.1, 0.15) is 11.5 Å². The molecular weight excluding hydrogens is 261 g/mol. The molecule has 0 aliphatic heterocycles. The molecule has 2 rings (SSSR count). The molecule has 0 spiro atoms. The molecule has 19 heavy (non-hydrogen) atoms. The van der Waals surface area contributed by atoms with E-state index in [1.807, 2.05) is 19.1 Å². The second-order valence-corrected chi connectivity index (χ2v) is 3.92. The smallest absolute Gasteiger partial charge is 0.338 e. The van der Waals surface area contributed by atoms with Crippen molar-refractivity contribution in [1.29, 1.82) is 0 Å². The summed E-state index contributed by atoms with van der Waals surface area (Å²) >= 11 is 0. The number of carbonyl (C=O) groups is 1. The van der Waals surface area contributed by atoms with Crippen molar-refractivity contribution < 1.29 is 22.5 Å². The van der Waals surface area contributed by atoms with Crippen LogP contribution in [0.25, 0.3) is 11.4 Å². The summed E-state index contributed by atoms with van der Waals surface area (Å²) in [5.41, 5.74) is 1.51. The van der Waals surface area contributed by atoms with E-state index in [1.54, 1.807) is 12.1 Å². The molecule has 0 atom stereocenters. The summed E-state index contributed by atoms with van der Waals surface area (Å²) in [6.45, 7) is 1.81. The third-order valence-electron chi connectivity index (χ3n) is 2.48. The predicted octanol–water partition coefficient (Wildman–Crippen LogP) is 2.72. The molecular formula is C12H9F3N2O2. The van der Waals surface area contributed by atoms with Gasteiger partial charge in [0.05, 0.1) is 6.42 Å². The van der Waals surface area contributed by atoms with Gasteiger partial charge in [0.1, 0.15) is 0 Å². The van der Waals surface area contributed by atoms with Crippen LogP contribution in [0, 0.1) is 6.92 Å². The SMILES string of the molecule is Cc1ccccc1-c1noc(CC(=O)C(F)(F)F)n1. The maximum absolute atomic E-state index is 12.1. The number of nitrogens with zero attached hydrogens (tertiary/aromatic N) is 2. The normalized spacial score (nSPS) is 11.6. The Hall–Kier alpha value is -2.18. The Labute approximate surface area is 106 Å². The molecule has 0 fully saturated rings. The van der Waals surface area contributed by atoms with Crippen molar-refractivity contribution in [3.8, 4) is 11.4 Å². The topological polar surface area (TPSA) is 56.0 Å². The van der Waals surface area contributed by atoms with E-state index in [-0.39, 0.29) is 11.7 Å². The van der Waals surface area contributed by atoms with Crippen LogP contribution in [0.3, 0.4) is 0 Å². The van der Waals surface area contributed by atoms with Crippen molar-refractivity contribution in [2.75, 3.05) is 0 Å². The molecule has 0 aliphatic carbocycles. The van der Waals surface area contributed by atoms with Crippen molar-refractivity contribution in [2.45, 2.75) is 19.5 Å². The van der Waals surface area contributed by atoms with Gasteiger partial charge in [0.2, 0.25) is 17.5 Å². The first-order valence-corrected chi connectivity index (χ1v) is 5.36. The zero-order chi connectivity index (χ0) is 14.0. The molecule has 0 amide bonds. The van der Waals surface area contributed by atoms with Crippen LogP contribution in [0.15, 0.2) is 28.8 Å². The predicted molar refractivity (Wildman–Crippen MR) is 59.2 cm³/mol. The summed E-state index contributed by atoms with van der Waals surface area (Å²) in [5, 5.41) is 3.58. The fourth-order valence-electron chi connectivity index (χ4n) is 1.50. The number of alkyl halides is 3. The number of benzene rings is 1. The Balaban J connectivity index is 2.21. The van der Waals surface area contributed by atoms with Gasteiger partial charge in [-0.25, -0.2) is 0 Å². The summed E-state index contributed by atoms with van der Waals surface area (Å²) in [4.78, 5) is 14.6. The maximum atomic E-state index is 12.1. The Kier molecular flexibility index (Phi) is 3.37. The molecule has 1 heterocycles. The number of Topliss-reactive ketones (excluding diaryl/α,β-unsaturated/α-hetero) is 1. The average molecular weight is 270 g/mol. The van der Waals surface area contributed by atoms with E-state index in [0.29, 0.717) is 5.56 Å². The maximum Gasteiger partial charge on any atom is 0.450 e. The molecule has 0 N–H and O–H groups in total. The molecule has 100 valence electrons. The highest BCUT2D eigenvalue weighted by molar-refractivity contribution is 5.85. The van der Waals surface area contributed by atoms with Crippen LogP contribution in [-0.4, -0.2) is 22.1 Å². The van der Waals surface area contributed by atoms with Gasteiger partial charge in [0, 0.05) is 5.56 Å². The van der Waals surface area contributed by atoms with Gasteiger partial charge in [0.25, 0.3) is 0 Å². The van der Waals surface area contributed by atoms with E-state index >= 15 is 0 Å². The number of halogens is 3. The molecule has 0 unspecified atom stereocenters. The zero-order valence-corrected chi connectivity index (χ0v) is 9.86. The Morgan fingerprint density at radius 2 is 2.00 bits per heavy atom. The minimum Gasteiger partial charge on any atom is -0.338 e. The van der Waals surface area contributed by atoms with Gasteiger partial charge in [-0.2, -0.15) is 18.2 Å². The molecule has 0 aliphatic rings. The van der Waals surface area contributed by atoms with Gasteiger partial charge in [-0.15, -0.1) is 0 Å². The zero-order valence-electron chi connectivity index (χ0n) is 9.86. The Morgan fingerprint density at radius 1 is 1.32 bits per heavy atom. The van der Waals surface area contributed by atoms with Crippen LogP contribution in [0.2, 0.25) is 0 Å². The van der Waals surface area contributed by atoms with Crippen molar-refractivity contribution in [3.63, 3.8) is 0 Å². The molecule has 1 aromatic carbocycles. The third-order valence-corrected chi connectivity index (χ3v) is 2.48. The number of aromatic nitrogens is 2. The molecule has 0 bridgehead atoms. The quantitative estimate of drug-likeness (QED) is 0.860. The lowest BCUT2D eigenvalue weighted by atomic mass is 10.1. The number of rotatable bonds is 3. The molecule has 1 aromatic heterocycles. The number of aryl methyl sites for hydroxylation is 1. The minimum atomic E-state index is -4.89. The number of hydrogen-bond donors (Lipinski definition) is 0. The summed E-state index contributed by atoms with van der Waals surface area (Å²) in [5.74, 6) is -2.09. The fraction of sp³-hybridized carbons (Fsp3) is 0.250. The first-order chi connectivity index (χ1) is 8.88. The molecule has 4 nitrogen and oxygen atoms in total. The van der Waals surface area contributed by atoms with E-state index in [4.69, 9.17) is 0 Å². The Bertz CT molecular complexity index is 605. The largest absolute Gasteiger partial charge is 0.450 e. The van der Waals surface area contributed by atoms with Gasteiger partial charge in [-0.05, 0) is 12.5 Å². The molecule has 0 radical (unpaired) electrons. The van der Waals surface area contributed by atoms with E-state index in [2.05, 4.69) is 14.7 Å². The highest BCUT2D eigenvalue weighted by Gasteiger charge is 2.39. The number of hydrogen-bond acceptors (Lipinski definition) is 4. The van der Waals surface area contributed by atoms with Crippen molar-refractivity contribution in [3.05, 3.63) is 35.7 Å². The van der Waals surface area contributed by atoms with Crippen LogP contribution in [0.4, 0.5) is 13.2 Å². The van der Waals surface area contributed by atoms with Crippen LogP contribution in [0.5, 0.6) is 0 Å². The second-order valence-electron chi connectivity index (χ2n) is 3.92. The highest BCUT2D eigenvalue weighted by Crippen LogP contribution is 2.22. The third kappa shape index (κ3) is 2.98. The van der Waals surface area contributed by atoms with Crippen molar-refractivity contribution in [2.24, 2.45) is 0 Å². The van der Waals surface area contributed by atoms with Gasteiger partial charge >= 0.3 is 6.18 Å². The van der Waals surface area contributed by atoms with Gasteiger partial charge < -0.3 is 4.52 Å². The second kappa shape index (κ2) is 4.83. The lowest BCUT2D eigenvalue weighted by molar-refractivity contribution is -0.170. The highest BCUT2D eigenvalue weighted by atomic mass is 19.4. The number of ketones is 1. The summed E-state index contributed by atoms with van der Waals surface area (Å²) in [6.07, 6.45) is -5.83. The lowest BCUT2D eigenvalue weighted by Crippen LogP contribution is -2.24. The van der Waals surface area contributed by atoms with E-state index in [0.717, 1.165) is 5.56 Å². The van der Waals surface area contributed by atoms with Gasteiger partial charge in [0.15, 0.2) is 0 Å². The first-order valence-electron chi connectivity index (χ1n) is 5.36. The van der Waals surface area contributed by atoms with E-state index < -0.39 is 18.4 Å². The fourth-order valence-corrected chi connectivity index (χ4v) is 1.50. The van der Waals surface area contributed by atoms with Crippen LogP contribution >= 0.6 is 0 Å².